The van der Waals surface area contributed by atoms with Crippen LogP contribution in [0.5, 0.6) is 11.5 Å². The fourth-order valence-corrected chi connectivity index (χ4v) is 3.51. The number of benzene rings is 1. The first-order chi connectivity index (χ1) is 12.1. The molecule has 1 fully saturated rings. The van der Waals surface area contributed by atoms with Crippen LogP contribution >= 0.6 is 0 Å². The summed E-state index contributed by atoms with van der Waals surface area (Å²) in [5.74, 6) is 0.835. The highest BCUT2D eigenvalue weighted by molar-refractivity contribution is 6.15. The number of Topliss-reactive ketones (excluding diaryl/α,β-unsaturated/α-hetero) is 1. The van der Waals surface area contributed by atoms with E-state index in [4.69, 9.17) is 4.74 Å². The Bertz CT molecular complexity index is 853. The molecule has 5 heteroatoms. The third-order valence-corrected chi connectivity index (χ3v) is 4.78. The SMILES string of the molecule is Cc1cc(O)c(CN2CCCC2)c2c1C(=O)/C(=C/c1cccnc1)O2. The molecule has 1 aromatic carbocycles. The molecule has 0 spiro atoms. The third kappa shape index (κ3) is 2.91. The van der Waals surface area contributed by atoms with Gasteiger partial charge in [-0.1, -0.05) is 6.07 Å². The number of ketones is 1. The van der Waals surface area contributed by atoms with Gasteiger partial charge in [-0.15, -0.1) is 0 Å². The molecule has 25 heavy (non-hydrogen) atoms. The molecule has 5 nitrogen and oxygen atoms in total. The van der Waals surface area contributed by atoms with Crippen molar-refractivity contribution in [2.24, 2.45) is 0 Å². The van der Waals surface area contributed by atoms with Gasteiger partial charge in [-0.3, -0.25) is 14.7 Å². The molecule has 0 bridgehead atoms. The van der Waals surface area contributed by atoms with Crippen LogP contribution in [0.25, 0.3) is 6.08 Å². The Hall–Kier alpha value is -2.66. The molecular weight excluding hydrogens is 316 g/mol. The highest BCUT2D eigenvalue weighted by Crippen LogP contribution is 2.42. The van der Waals surface area contributed by atoms with Crippen molar-refractivity contribution in [2.75, 3.05) is 13.1 Å². The van der Waals surface area contributed by atoms with Crippen LogP contribution in [0.1, 0.15) is 39.9 Å². The lowest BCUT2D eigenvalue weighted by atomic mass is 9.99. The number of ether oxygens (including phenoxy) is 1. The summed E-state index contributed by atoms with van der Waals surface area (Å²) in [7, 11) is 0. The summed E-state index contributed by atoms with van der Waals surface area (Å²) in [5.41, 5.74) is 2.80. The maximum atomic E-state index is 12.8. The van der Waals surface area contributed by atoms with E-state index in [2.05, 4.69) is 9.88 Å². The second-order valence-corrected chi connectivity index (χ2v) is 6.60. The fraction of sp³-hybridized carbons (Fsp3) is 0.300. The van der Waals surface area contributed by atoms with Crippen LogP contribution < -0.4 is 4.74 Å². The van der Waals surface area contributed by atoms with Gasteiger partial charge in [0.15, 0.2) is 5.76 Å². The fourth-order valence-electron chi connectivity index (χ4n) is 3.51. The number of pyridine rings is 1. The van der Waals surface area contributed by atoms with Crippen molar-refractivity contribution in [1.29, 1.82) is 0 Å². The number of phenolic OH excluding ortho intramolecular Hbond substituents is 1. The molecule has 0 saturated carbocycles. The lowest BCUT2D eigenvalue weighted by Gasteiger charge is -2.18. The predicted octanol–water partition coefficient (Wildman–Crippen LogP) is 3.31. The van der Waals surface area contributed by atoms with Crippen molar-refractivity contribution in [3.63, 3.8) is 0 Å². The molecule has 0 radical (unpaired) electrons. The highest BCUT2D eigenvalue weighted by atomic mass is 16.5. The van der Waals surface area contributed by atoms with E-state index < -0.39 is 0 Å². The molecule has 3 heterocycles. The first kappa shape index (κ1) is 15.8. The molecule has 0 amide bonds. The van der Waals surface area contributed by atoms with Gasteiger partial charge in [0.2, 0.25) is 5.78 Å². The van der Waals surface area contributed by atoms with Gasteiger partial charge in [-0.25, -0.2) is 0 Å². The minimum Gasteiger partial charge on any atom is -0.507 e. The minimum atomic E-state index is -0.140. The molecule has 0 aliphatic carbocycles. The van der Waals surface area contributed by atoms with Gasteiger partial charge in [0, 0.05) is 18.9 Å². The number of likely N-dealkylation sites (tertiary alicyclic amines) is 1. The topological polar surface area (TPSA) is 62.7 Å². The van der Waals surface area contributed by atoms with Crippen molar-refractivity contribution < 1.29 is 14.6 Å². The van der Waals surface area contributed by atoms with Crippen molar-refractivity contribution in [2.45, 2.75) is 26.3 Å². The van der Waals surface area contributed by atoms with E-state index in [1.165, 1.54) is 12.8 Å². The van der Waals surface area contributed by atoms with Crippen LogP contribution in [0.15, 0.2) is 36.4 Å². The van der Waals surface area contributed by atoms with E-state index in [1.54, 1.807) is 24.5 Å². The van der Waals surface area contributed by atoms with Crippen LogP contribution in [-0.2, 0) is 6.54 Å². The smallest absolute Gasteiger partial charge is 0.232 e. The quantitative estimate of drug-likeness (QED) is 0.871. The predicted molar refractivity (Wildman–Crippen MR) is 94.5 cm³/mol. The highest BCUT2D eigenvalue weighted by Gasteiger charge is 2.33. The molecule has 2 aliphatic rings. The summed E-state index contributed by atoms with van der Waals surface area (Å²) in [6.45, 7) is 4.44. The molecule has 128 valence electrons. The molecule has 1 saturated heterocycles. The van der Waals surface area contributed by atoms with Crippen LogP contribution in [0.2, 0.25) is 0 Å². The van der Waals surface area contributed by atoms with Crippen molar-refractivity contribution in [3.05, 3.63) is 58.6 Å². The number of aromatic nitrogens is 1. The van der Waals surface area contributed by atoms with Crippen LogP contribution in [-0.4, -0.2) is 33.9 Å². The zero-order valence-electron chi connectivity index (χ0n) is 14.2. The molecular formula is C20H20N2O3. The maximum absolute atomic E-state index is 12.8. The second kappa shape index (κ2) is 6.33. The van der Waals surface area contributed by atoms with E-state index in [0.29, 0.717) is 23.4 Å². The number of aryl methyl sites for hydroxylation is 1. The lowest BCUT2D eigenvalue weighted by molar-refractivity contribution is 0.101. The van der Waals surface area contributed by atoms with E-state index >= 15 is 0 Å². The number of hydrogen-bond acceptors (Lipinski definition) is 5. The Morgan fingerprint density at radius 3 is 2.88 bits per heavy atom. The van der Waals surface area contributed by atoms with Gasteiger partial charge in [-0.05, 0) is 62.2 Å². The minimum absolute atomic E-state index is 0.140. The van der Waals surface area contributed by atoms with Crippen LogP contribution in [0, 0.1) is 6.92 Å². The molecule has 4 rings (SSSR count). The average molecular weight is 336 g/mol. The molecule has 2 aromatic rings. The molecule has 1 N–H and O–H groups in total. The van der Waals surface area contributed by atoms with E-state index in [0.717, 1.165) is 24.2 Å². The monoisotopic (exact) mass is 336 g/mol. The summed E-state index contributed by atoms with van der Waals surface area (Å²) in [6.07, 6.45) is 7.40. The van der Waals surface area contributed by atoms with Crippen molar-refractivity contribution >= 4 is 11.9 Å². The van der Waals surface area contributed by atoms with Gasteiger partial charge >= 0.3 is 0 Å². The first-order valence-electron chi connectivity index (χ1n) is 8.55. The van der Waals surface area contributed by atoms with E-state index in [-0.39, 0.29) is 17.3 Å². The summed E-state index contributed by atoms with van der Waals surface area (Å²) in [6, 6.07) is 5.35. The Morgan fingerprint density at radius 2 is 2.16 bits per heavy atom. The number of nitrogens with zero attached hydrogens (tertiary/aromatic N) is 2. The van der Waals surface area contributed by atoms with Crippen LogP contribution in [0.3, 0.4) is 0 Å². The standard InChI is InChI=1S/C20H20N2O3/c1-13-9-16(23)15(12-22-7-2-3-8-22)20-18(13)19(24)17(25-20)10-14-5-4-6-21-11-14/h4-6,9-11,23H,2-3,7-8,12H2,1H3/b17-10-. The average Bonchev–Trinajstić information content (AvgIpc) is 3.21. The number of fused-ring (bicyclic) bond motifs is 1. The zero-order valence-corrected chi connectivity index (χ0v) is 14.2. The maximum Gasteiger partial charge on any atom is 0.232 e. The Balaban J connectivity index is 1.73. The molecule has 1 aromatic heterocycles. The lowest BCUT2D eigenvalue weighted by Crippen LogP contribution is -2.19. The molecule has 2 aliphatic heterocycles. The Labute approximate surface area is 146 Å². The number of rotatable bonds is 3. The zero-order chi connectivity index (χ0) is 17.4. The largest absolute Gasteiger partial charge is 0.507 e. The summed E-state index contributed by atoms with van der Waals surface area (Å²) in [5, 5.41) is 10.4. The number of carbonyl (C=O) groups excluding carboxylic acids is 1. The third-order valence-electron chi connectivity index (χ3n) is 4.78. The van der Waals surface area contributed by atoms with Crippen molar-refractivity contribution in [1.82, 2.24) is 9.88 Å². The number of aromatic hydroxyl groups is 1. The Kier molecular flexibility index (Phi) is 4.01. The Morgan fingerprint density at radius 1 is 1.36 bits per heavy atom. The first-order valence-corrected chi connectivity index (χ1v) is 8.55. The van der Waals surface area contributed by atoms with Gasteiger partial charge in [-0.2, -0.15) is 0 Å². The van der Waals surface area contributed by atoms with E-state index in [1.807, 2.05) is 19.1 Å². The van der Waals surface area contributed by atoms with Gasteiger partial charge in [0.25, 0.3) is 0 Å². The number of carbonyl (C=O) groups is 1. The molecule has 0 atom stereocenters. The van der Waals surface area contributed by atoms with E-state index in [9.17, 15) is 9.90 Å². The van der Waals surface area contributed by atoms with Gasteiger partial charge in [0.05, 0.1) is 11.1 Å². The summed E-state index contributed by atoms with van der Waals surface area (Å²) >= 11 is 0. The second-order valence-electron chi connectivity index (χ2n) is 6.60. The number of phenols is 1. The summed E-state index contributed by atoms with van der Waals surface area (Å²) < 4.78 is 5.92. The van der Waals surface area contributed by atoms with Gasteiger partial charge in [0.1, 0.15) is 11.5 Å². The summed E-state index contributed by atoms with van der Waals surface area (Å²) in [4.78, 5) is 19.2. The number of hydrogen-bond donors (Lipinski definition) is 1. The van der Waals surface area contributed by atoms with Gasteiger partial charge < -0.3 is 9.84 Å². The normalized spacial score (nSPS) is 18.6. The molecule has 0 unspecified atom stereocenters. The van der Waals surface area contributed by atoms with Crippen LogP contribution in [0.4, 0.5) is 0 Å². The van der Waals surface area contributed by atoms with Crippen molar-refractivity contribution in [3.8, 4) is 11.5 Å². The number of allylic oxidation sites excluding steroid dienone is 1.